The molecule has 1 aliphatic carbocycles. The van der Waals surface area contributed by atoms with Crippen LogP contribution in [0.2, 0.25) is 0 Å². The van der Waals surface area contributed by atoms with Crippen LogP contribution >= 0.6 is 0 Å². The number of piperazine rings is 1. The van der Waals surface area contributed by atoms with E-state index in [1.54, 1.807) is 0 Å². The largest absolute Gasteiger partial charge is 0.454 e. The number of rotatable bonds is 4. The highest BCUT2D eigenvalue weighted by Crippen LogP contribution is 2.34. The Hall–Kier alpha value is -1.79. The predicted octanol–water partition coefficient (Wildman–Crippen LogP) is 1.13. The SMILES string of the molecule is O=C(CN1CCN(C2CC2)CC1)Nc1ccc2c(c1)OCO2. The van der Waals surface area contributed by atoms with Gasteiger partial charge in [0.2, 0.25) is 12.7 Å². The van der Waals surface area contributed by atoms with E-state index in [2.05, 4.69) is 15.1 Å². The third-order valence-corrected chi connectivity index (χ3v) is 4.49. The van der Waals surface area contributed by atoms with E-state index < -0.39 is 0 Å². The molecule has 0 radical (unpaired) electrons. The highest BCUT2D eigenvalue weighted by atomic mass is 16.7. The monoisotopic (exact) mass is 303 g/mol. The molecule has 22 heavy (non-hydrogen) atoms. The van der Waals surface area contributed by atoms with Gasteiger partial charge < -0.3 is 14.8 Å². The molecule has 118 valence electrons. The number of amides is 1. The Balaban J connectivity index is 1.27. The number of hydrogen-bond acceptors (Lipinski definition) is 5. The molecule has 2 aliphatic heterocycles. The van der Waals surface area contributed by atoms with Gasteiger partial charge in [-0.2, -0.15) is 0 Å². The van der Waals surface area contributed by atoms with Crippen LogP contribution in [0, 0.1) is 0 Å². The van der Waals surface area contributed by atoms with E-state index in [0.29, 0.717) is 12.3 Å². The number of nitrogens with zero attached hydrogens (tertiary/aromatic N) is 2. The van der Waals surface area contributed by atoms with E-state index in [-0.39, 0.29) is 12.7 Å². The summed E-state index contributed by atoms with van der Waals surface area (Å²) in [5.41, 5.74) is 0.755. The Kier molecular flexibility index (Phi) is 3.63. The number of anilines is 1. The predicted molar refractivity (Wildman–Crippen MR) is 82.2 cm³/mol. The second-order valence-electron chi connectivity index (χ2n) is 6.16. The summed E-state index contributed by atoms with van der Waals surface area (Å²) in [5, 5.41) is 2.94. The third kappa shape index (κ3) is 3.03. The van der Waals surface area contributed by atoms with Gasteiger partial charge in [0.15, 0.2) is 11.5 Å². The topological polar surface area (TPSA) is 54.0 Å². The van der Waals surface area contributed by atoms with E-state index in [0.717, 1.165) is 43.7 Å². The molecule has 1 amide bonds. The van der Waals surface area contributed by atoms with Gasteiger partial charge in [-0.3, -0.25) is 14.6 Å². The van der Waals surface area contributed by atoms with Gasteiger partial charge in [0.25, 0.3) is 0 Å². The fraction of sp³-hybridized carbons (Fsp3) is 0.562. The van der Waals surface area contributed by atoms with Crippen LogP contribution in [0.25, 0.3) is 0 Å². The minimum atomic E-state index is 0.0266. The molecule has 0 atom stereocenters. The van der Waals surface area contributed by atoms with Crippen molar-refractivity contribution in [3.8, 4) is 11.5 Å². The van der Waals surface area contributed by atoms with Crippen LogP contribution in [0.3, 0.4) is 0 Å². The maximum absolute atomic E-state index is 12.2. The molecular formula is C16H21N3O3. The van der Waals surface area contributed by atoms with Crippen LogP contribution in [0.4, 0.5) is 5.69 Å². The molecule has 0 spiro atoms. The summed E-state index contributed by atoms with van der Waals surface area (Å²) in [6.45, 7) is 4.82. The van der Waals surface area contributed by atoms with Gasteiger partial charge in [-0.05, 0) is 25.0 Å². The van der Waals surface area contributed by atoms with Crippen molar-refractivity contribution in [1.29, 1.82) is 0 Å². The van der Waals surface area contributed by atoms with Crippen molar-refractivity contribution >= 4 is 11.6 Å². The summed E-state index contributed by atoms with van der Waals surface area (Å²) < 4.78 is 10.6. The molecule has 1 saturated carbocycles. The van der Waals surface area contributed by atoms with Crippen LogP contribution in [-0.2, 0) is 4.79 Å². The van der Waals surface area contributed by atoms with Crippen molar-refractivity contribution < 1.29 is 14.3 Å². The molecule has 0 unspecified atom stereocenters. The Morgan fingerprint density at radius 2 is 1.91 bits per heavy atom. The summed E-state index contributed by atoms with van der Waals surface area (Å²) in [4.78, 5) is 16.9. The van der Waals surface area contributed by atoms with E-state index in [1.165, 1.54) is 12.8 Å². The Morgan fingerprint density at radius 1 is 1.14 bits per heavy atom. The van der Waals surface area contributed by atoms with Crippen molar-refractivity contribution in [1.82, 2.24) is 9.80 Å². The Labute approximate surface area is 130 Å². The molecule has 2 fully saturated rings. The first-order valence-corrected chi connectivity index (χ1v) is 7.94. The third-order valence-electron chi connectivity index (χ3n) is 4.49. The molecule has 1 aromatic rings. The molecule has 1 saturated heterocycles. The lowest BCUT2D eigenvalue weighted by atomic mass is 10.2. The Bertz CT molecular complexity index is 566. The molecule has 0 bridgehead atoms. The van der Waals surface area contributed by atoms with Crippen LogP contribution in [0.1, 0.15) is 12.8 Å². The maximum Gasteiger partial charge on any atom is 0.238 e. The second kappa shape index (κ2) is 5.78. The summed E-state index contributed by atoms with van der Waals surface area (Å²) in [7, 11) is 0. The number of carbonyl (C=O) groups excluding carboxylic acids is 1. The molecule has 1 N–H and O–H groups in total. The maximum atomic E-state index is 12.2. The van der Waals surface area contributed by atoms with Crippen LogP contribution in [-0.4, -0.2) is 61.3 Å². The molecule has 3 aliphatic rings. The normalized spacial score (nSPS) is 21.8. The summed E-state index contributed by atoms with van der Waals surface area (Å²) in [5.74, 6) is 1.45. The van der Waals surface area contributed by atoms with E-state index in [4.69, 9.17) is 9.47 Å². The fourth-order valence-corrected chi connectivity index (χ4v) is 3.10. The van der Waals surface area contributed by atoms with Gasteiger partial charge in [0.1, 0.15) is 0 Å². The van der Waals surface area contributed by atoms with Crippen LogP contribution in [0.15, 0.2) is 18.2 Å². The number of carbonyl (C=O) groups is 1. The molecule has 1 aromatic carbocycles. The first-order valence-electron chi connectivity index (χ1n) is 7.94. The molecule has 0 aromatic heterocycles. The highest BCUT2D eigenvalue weighted by molar-refractivity contribution is 5.92. The minimum Gasteiger partial charge on any atom is -0.454 e. The minimum absolute atomic E-state index is 0.0266. The van der Waals surface area contributed by atoms with Crippen molar-refractivity contribution in [2.45, 2.75) is 18.9 Å². The number of benzene rings is 1. The molecule has 6 nitrogen and oxygen atoms in total. The standard InChI is InChI=1S/C16H21N3O3/c20-16(10-18-5-7-19(8-6-18)13-2-3-13)17-12-1-4-14-15(9-12)22-11-21-14/h1,4,9,13H,2-3,5-8,10-11H2,(H,17,20). The molecule has 6 heteroatoms. The summed E-state index contributed by atoms with van der Waals surface area (Å²) >= 11 is 0. The molecular weight excluding hydrogens is 282 g/mol. The fourth-order valence-electron chi connectivity index (χ4n) is 3.10. The summed E-state index contributed by atoms with van der Waals surface area (Å²) in [6, 6.07) is 6.30. The van der Waals surface area contributed by atoms with Gasteiger partial charge in [-0.1, -0.05) is 0 Å². The van der Waals surface area contributed by atoms with Gasteiger partial charge in [0, 0.05) is 44.0 Å². The first-order chi connectivity index (χ1) is 10.8. The number of nitrogens with one attached hydrogen (secondary N) is 1. The zero-order valence-corrected chi connectivity index (χ0v) is 12.6. The molecule has 2 heterocycles. The van der Waals surface area contributed by atoms with Crippen LogP contribution < -0.4 is 14.8 Å². The lowest BCUT2D eigenvalue weighted by molar-refractivity contribution is -0.117. The van der Waals surface area contributed by atoms with Crippen molar-refractivity contribution in [2.24, 2.45) is 0 Å². The van der Waals surface area contributed by atoms with E-state index in [1.807, 2.05) is 18.2 Å². The lowest BCUT2D eigenvalue weighted by Crippen LogP contribution is -2.49. The van der Waals surface area contributed by atoms with Crippen molar-refractivity contribution in [2.75, 3.05) is 44.8 Å². The Morgan fingerprint density at radius 3 is 2.68 bits per heavy atom. The van der Waals surface area contributed by atoms with Crippen LogP contribution in [0.5, 0.6) is 11.5 Å². The van der Waals surface area contributed by atoms with Crippen molar-refractivity contribution in [3.63, 3.8) is 0 Å². The highest BCUT2D eigenvalue weighted by Gasteiger charge is 2.31. The number of hydrogen-bond donors (Lipinski definition) is 1. The first kappa shape index (κ1) is 13.8. The zero-order valence-electron chi connectivity index (χ0n) is 12.6. The van der Waals surface area contributed by atoms with Gasteiger partial charge >= 0.3 is 0 Å². The van der Waals surface area contributed by atoms with Crippen molar-refractivity contribution in [3.05, 3.63) is 18.2 Å². The second-order valence-corrected chi connectivity index (χ2v) is 6.16. The van der Waals surface area contributed by atoms with Gasteiger partial charge in [-0.15, -0.1) is 0 Å². The number of fused-ring (bicyclic) bond motifs is 1. The quantitative estimate of drug-likeness (QED) is 0.904. The lowest BCUT2D eigenvalue weighted by Gasteiger charge is -2.34. The molecule has 4 rings (SSSR count). The van der Waals surface area contributed by atoms with Gasteiger partial charge in [-0.25, -0.2) is 0 Å². The average molecular weight is 303 g/mol. The summed E-state index contributed by atoms with van der Waals surface area (Å²) in [6.07, 6.45) is 2.70. The van der Waals surface area contributed by atoms with E-state index in [9.17, 15) is 4.79 Å². The van der Waals surface area contributed by atoms with E-state index >= 15 is 0 Å². The number of ether oxygens (including phenoxy) is 2. The average Bonchev–Trinajstić information content (AvgIpc) is 3.26. The zero-order chi connectivity index (χ0) is 14.9. The smallest absolute Gasteiger partial charge is 0.238 e. The van der Waals surface area contributed by atoms with Gasteiger partial charge in [0.05, 0.1) is 6.54 Å².